The van der Waals surface area contributed by atoms with Crippen molar-refractivity contribution in [2.75, 3.05) is 20.2 Å². The number of nitrogens with one attached hydrogen (secondary N) is 1. The number of benzene rings is 1. The summed E-state index contributed by atoms with van der Waals surface area (Å²) in [6, 6.07) is 8.37. The molecule has 2 unspecified atom stereocenters. The van der Waals surface area contributed by atoms with Crippen LogP contribution in [0, 0.1) is 0 Å². The molecule has 2 aliphatic rings. The molecule has 4 heteroatoms. The second kappa shape index (κ2) is 5.43. The summed E-state index contributed by atoms with van der Waals surface area (Å²) >= 11 is 1.91. The second-order valence-corrected chi connectivity index (χ2v) is 7.02. The summed E-state index contributed by atoms with van der Waals surface area (Å²) in [5.41, 5.74) is 2.65. The van der Waals surface area contributed by atoms with E-state index in [1.54, 1.807) is 0 Å². The Morgan fingerprint density at radius 3 is 3.19 bits per heavy atom. The van der Waals surface area contributed by atoms with Gasteiger partial charge in [-0.15, -0.1) is 11.3 Å². The van der Waals surface area contributed by atoms with Crippen molar-refractivity contribution in [3.63, 3.8) is 0 Å². The van der Waals surface area contributed by atoms with Crippen molar-refractivity contribution in [2.24, 2.45) is 0 Å². The maximum atomic E-state index is 5.83. The Labute approximate surface area is 129 Å². The molecule has 110 valence electrons. The number of nitrogens with zero attached hydrogens (tertiary/aromatic N) is 1. The van der Waals surface area contributed by atoms with E-state index >= 15 is 0 Å². The van der Waals surface area contributed by atoms with E-state index in [0.717, 1.165) is 18.9 Å². The lowest BCUT2D eigenvalue weighted by atomic mass is 9.91. The van der Waals surface area contributed by atoms with Crippen LogP contribution in [0.1, 0.15) is 45.8 Å². The fraction of sp³-hybridized carbons (Fsp3) is 0.471. The highest BCUT2D eigenvalue weighted by Gasteiger charge is 2.31. The number of ether oxygens (including phenoxy) is 1. The topological polar surface area (TPSA) is 34.1 Å². The standard InChI is InChI=1S/C17H20N2OS/c1-18-9-11-5-4-8-15-16(11)19-17(21-15)13-10-20-14-7-3-2-6-12(13)14/h2-3,6-7,11,13,18H,4-5,8-10H2,1H3. The van der Waals surface area contributed by atoms with E-state index in [1.807, 2.05) is 24.5 Å². The predicted molar refractivity (Wildman–Crippen MR) is 85.5 cm³/mol. The highest BCUT2D eigenvalue weighted by molar-refractivity contribution is 7.11. The molecular weight excluding hydrogens is 280 g/mol. The number of hydrogen-bond donors (Lipinski definition) is 1. The molecule has 1 aliphatic carbocycles. The van der Waals surface area contributed by atoms with Gasteiger partial charge in [-0.25, -0.2) is 4.98 Å². The molecule has 2 aromatic rings. The van der Waals surface area contributed by atoms with Crippen LogP contribution in [0.25, 0.3) is 0 Å². The largest absolute Gasteiger partial charge is 0.492 e. The van der Waals surface area contributed by atoms with Gasteiger partial charge in [0.25, 0.3) is 0 Å². The average molecular weight is 300 g/mol. The van der Waals surface area contributed by atoms with Gasteiger partial charge in [-0.05, 0) is 32.4 Å². The van der Waals surface area contributed by atoms with E-state index in [4.69, 9.17) is 9.72 Å². The lowest BCUT2D eigenvalue weighted by Crippen LogP contribution is -2.21. The summed E-state index contributed by atoms with van der Waals surface area (Å²) in [5.74, 6) is 1.94. The molecule has 2 heterocycles. The third-order valence-corrected chi connectivity index (χ3v) is 5.78. The quantitative estimate of drug-likeness (QED) is 0.944. The van der Waals surface area contributed by atoms with Crippen molar-refractivity contribution >= 4 is 11.3 Å². The fourth-order valence-corrected chi connectivity index (χ4v) is 4.78. The Morgan fingerprint density at radius 2 is 2.29 bits per heavy atom. The third kappa shape index (κ3) is 2.27. The minimum atomic E-state index is 0.326. The number of para-hydroxylation sites is 1. The first-order valence-corrected chi connectivity index (χ1v) is 8.54. The minimum absolute atomic E-state index is 0.326. The molecule has 3 nitrogen and oxygen atoms in total. The van der Waals surface area contributed by atoms with Crippen LogP contribution >= 0.6 is 11.3 Å². The summed E-state index contributed by atoms with van der Waals surface area (Å²) in [6.45, 7) is 1.77. The van der Waals surface area contributed by atoms with Crippen molar-refractivity contribution in [3.8, 4) is 5.75 Å². The first-order chi connectivity index (χ1) is 10.4. The predicted octanol–water partition coefficient (Wildman–Crippen LogP) is 3.31. The molecular formula is C17H20N2OS. The summed E-state index contributed by atoms with van der Waals surface area (Å²) in [4.78, 5) is 6.53. The summed E-state index contributed by atoms with van der Waals surface area (Å²) < 4.78 is 5.83. The maximum absolute atomic E-state index is 5.83. The Bertz CT molecular complexity index is 652. The Morgan fingerprint density at radius 1 is 1.38 bits per heavy atom. The van der Waals surface area contributed by atoms with E-state index in [0.29, 0.717) is 11.8 Å². The smallest absolute Gasteiger partial charge is 0.123 e. The molecule has 4 rings (SSSR count). The van der Waals surface area contributed by atoms with Crippen molar-refractivity contribution in [3.05, 3.63) is 45.4 Å². The number of thiazole rings is 1. The zero-order valence-electron chi connectivity index (χ0n) is 12.3. The van der Waals surface area contributed by atoms with Crippen LogP contribution in [0.15, 0.2) is 24.3 Å². The van der Waals surface area contributed by atoms with Crippen LogP contribution in [-0.4, -0.2) is 25.2 Å². The third-order valence-electron chi connectivity index (χ3n) is 4.54. The van der Waals surface area contributed by atoms with E-state index in [2.05, 4.69) is 23.5 Å². The minimum Gasteiger partial charge on any atom is -0.492 e. The summed E-state index contributed by atoms with van der Waals surface area (Å²) in [5, 5.41) is 4.56. The zero-order valence-corrected chi connectivity index (χ0v) is 13.1. The van der Waals surface area contributed by atoms with Gasteiger partial charge in [0.15, 0.2) is 0 Å². The molecule has 1 N–H and O–H groups in total. The van der Waals surface area contributed by atoms with Crippen LogP contribution in [0.4, 0.5) is 0 Å². The number of rotatable bonds is 3. The molecule has 2 atom stereocenters. The van der Waals surface area contributed by atoms with E-state index in [9.17, 15) is 0 Å². The van der Waals surface area contributed by atoms with Gasteiger partial charge in [0.2, 0.25) is 0 Å². The van der Waals surface area contributed by atoms with Gasteiger partial charge < -0.3 is 10.1 Å². The molecule has 0 amide bonds. The number of fused-ring (bicyclic) bond motifs is 2. The number of aryl methyl sites for hydroxylation is 1. The molecule has 0 radical (unpaired) electrons. The highest BCUT2D eigenvalue weighted by atomic mass is 32.1. The van der Waals surface area contributed by atoms with Gasteiger partial charge in [-0.1, -0.05) is 18.2 Å². The normalized spacial score (nSPS) is 23.5. The molecule has 21 heavy (non-hydrogen) atoms. The lowest BCUT2D eigenvalue weighted by molar-refractivity contribution is 0.342. The molecule has 1 aromatic heterocycles. The monoisotopic (exact) mass is 300 g/mol. The van der Waals surface area contributed by atoms with Gasteiger partial charge >= 0.3 is 0 Å². The Kier molecular flexibility index (Phi) is 3.43. The SMILES string of the molecule is CNCC1CCCc2sc(C3COc4ccccc43)nc21. The van der Waals surface area contributed by atoms with Gasteiger partial charge in [0.1, 0.15) is 17.4 Å². The number of aromatic nitrogens is 1. The Hall–Kier alpha value is -1.39. The number of hydrogen-bond acceptors (Lipinski definition) is 4. The summed E-state index contributed by atoms with van der Waals surface area (Å²) in [7, 11) is 2.03. The van der Waals surface area contributed by atoms with Crippen LogP contribution < -0.4 is 10.1 Å². The van der Waals surface area contributed by atoms with Crippen LogP contribution in [0.3, 0.4) is 0 Å². The molecule has 0 fully saturated rings. The van der Waals surface area contributed by atoms with Crippen LogP contribution in [-0.2, 0) is 6.42 Å². The van der Waals surface area contributed by atoms with E-state index in [1.165, 1.54) is 40.4 Å². The first-order valence-electron chi connectivity index (χ1n) is 7.72. The lowest BCUT2D eigenvalue weighted by Gasteiger charge is -2.20. The second-order valence-electron chi connectivity index (χ2n) is 5.91. The molecule has 1 aromatic carbocycles. The molecule has 0 saturated heterocycles. The molecule has 0 bridgehead atoms. The highest BCUT2D eigenvalue weighted by Crippen LogP contribution is 2.42. The maximum Gasteiger partial charge on any atom is 0.123 e. The first kappa shape index (κ1) is 13.3. The van der Waals surface area contributed by atoms with Crippen molar-refractivity contribution in [1.29, 1.82) is 0 Å². The van der Waals surface area contributed by atoms with Crippen molar-refractivity contribution in [2.45, 2.75) is 31.1 Å². The zero-order chi connectivity index (χ0) is 14.2. The molecule has 0 spiro atoms. The van der Waals surface area contributed by atoms with Crippen molar-refractivity contribution in [1.82, 2.24) is 10.3 Å². The van der Waals surface area contributed by atoms with Gasteiger partial charge in [0.05, 0.1) is 11.6 Å². The molecule has 0 saturated carbocycles. The average Bonchev–Trinajstić information content (AvgIpc) is 3.11. The Balaban J connectivity index is 1.69. The van der Waals surface area contributed by atoms with Gasteiger partial charge in [0, 0.05) is 22.9 Å². The van der Waals surface area contributed by atoms with Crippen LogP contribution in [0.2, 0.25) is 0 Å². The van der Waals surface area contributed by atoms with Crippen molar-refractivity contribution < 1.29 is 4.74 Å². The van der Waals surface area contributed by atoms with Gasteiger partial charge in [-0.3, -0.25) is 0 Å². The molecule has 1 aliphatic heterocycles. The fourth-order valence-electron chi connectivity index (χ4n) is 3.49. The van der Waals surface area contributed by atoms with Gasteiger partial charge in [-0.2, -0.15) is 0 Å². The van der Waals surface area contributed by atoms with Crippen LogP contribution in [0.5, 0.6) is 5.75 Å². The van der Waals surface area contributed by atoms with E-state index < -0.39 is 0 Å². The number of likely N-dealkylation sites (N-methyl/N-ethyl adjacent to an activating group) is 1. The summed E-state index contributed by atoms with van der Waals surface area (Å²) in [6.07, 6.45) is 3.75. The van der Waals surface area contributed by atoms with E-state index in [-0.39, 0.29) is 0 Å².